The third kappa shape index (κ3) is 13.1. The molecule has 6 N–H and O–H groups in total. The third-order valence-electron chi connectivity index (χ3n) is 8.21. The normalized spacial score (nSPS) is 12.2. The van der Waals surface area contributed by atoms with Gasteiger partial charge in [0.25, 0.3) is 11.8 Å². The van der Waals surface area contributed by atoms with Crippen LogP contribution in [0.4, 0.5) is 0 Å². The third-order valence-corrected chi connectivity index (χ3v) is 8.21. The molecule has 2 aromatic carbocycles. The number of benzene rings is 2. The first kappa shape index (κ1) is 38.1. The molecule has 2 atom stereocenters. The van der Waals surface area contributed by atoms with Crippen molar-refractivity contribution in [1.82, 2.24) is 21.7 Å². The van der Waals surface area contributed by atoms with Gasteiger partial charge in [-0.05, 0) is 73.9 Å². The topological polar surface area (TPSA) is 157 Å². The van der Waals surface area contributed by atoms with E-state index in [0.717, 1.165) is 88.2 Å². The predicted molar refractivity (Wildman–Crippen MR) is 180 cm³/mol. The fourth-order valence-electron chi connectivity index (χ4n) is 5.31. The first-order valence-corrected chi connectivity index (χ1v) is 16.9. The Hall–Kier alpha value is -4.08. The minimum absolute atomic E-state index is 0.0493. The van der Waals surface area contributed by atoms with Crippen molar-refractivity contribution in [2.75, 3.05) is 0 Å². The van der Waals surface area contributed by atoms with Crippen molar-refractivity contribution in [3.63, 3.8) is 0 Å². The fourth-order valence-corrected chi connectivity index (χ4v) is 5.31. The highest BCUT2D eigenvalue weighted by molar-refractivity contribution is 5.98. The van der Waals surface area contributed by atoms with Gasteiger partial charge in [0.05, 0.1) is 11.1 Å². The molecule has 0 aromatic heterocycles. The first-order valence-electron chi connectivity index (χ1n) is 16.9. The zero-order chi connectivity index (χ0) is 33.9. The number of hydrogen-bond donors (Lipinski definition) is 6. The van der Waals surface area contributed by atoms with Gasteiger partial charge in [-0.3, -0.25) is 40.9 Å². The first-order chi connectivity index (χ1) is 22.1. The molecule has 2 unspecified atom stereocenters. The average molecular weight is 639 g/mol. The second-order valence-electron chi connectivity index (χ2n) is 12.2. The number of aryl methyl sites for hydroxylation is 2. The summed E-state index contributed by atoms with van der Waals surface area (Å²) >= 11 is 0. The Kier molecular flexibility index (Phi) is 17.3. The zero-order valence-corrected chi connectivity index (χ0v) is 28.0. The lowest BCUT2D eigenvalue weighted by Crippen LogP contribution is -2.47. The van der Waals surface area contributed by atoms with Crippen molar-refractivity contribution in [3.8, 4) is 11.5 Å². The van der Waals surface area contributed by atoms with Gasteiger partial charge < -0.3 is 10.2 Å². The van der Waals surface area contributed by atoms with Crippen LogP contribution in [0.15, 0.2) is 36.4 Å². The summed E-state index contributed by atoms with van der Waals surface area (Å²) in [6.45, 7) is 7.99. The molecule has 10 heteroatoms. The summed E-state index contributed by atoms with van der Waals surface area (Å²) in [6.07, 6.45) is 12.4. The molecule has 0 bridgehead atoms. The maximum atomic E-state index is 13.2. The van der Waals surface area contributed by atoms with E-state index in [2.05, 4.69) is 42.5 Å². The highest BCUT2D eigenvalue weighted by Crippen LogP contribution is 2.23. The molecule has 0 aliphatic heterocycles. The molecule has 254 valence electrons. The lowest BCUT2D eigenvalue weighted by atomic mass is 9.90. The molecule has 0 saturated carbocycles. The molecular formula is C36H54N4O6. The van der Waals surface area contributed by atoms with Crippen LogP contribution in [0.25, 0.3) is 0 Å². The molecule has 0 heterocycles. The van der Waals surface area contributed by atoms with E-state index < -0.39 is 35.5 Å². The van der Waals surface area contributed by atoms with Gasteiger partial charge in [0.1, 0.15) is 11.5 Å². The highest BCUT2D eigenvalue weighted by atomic mass is 16.3. The Morgan fingerprint density at radius 1 is 0.609 bits per heavy atom. The van der Waals surface area contributed by atoms with E-state index in [0.29, 0.717) is 6.42 Å². The van der Waals surface area contributed by atoms with Gasteiger partial charge in [-0.2, -0.15) is 0 Å². The highest BCUT2D eigenvalue weighted by Gasteiger charge is 2.26. The SMILES string of the molecule is CCCCCCC(CC(C)C(=O)NNC(=O)c1ccc(CCCCC)cc1O)C(=O)NNC(=O)c1ccc(CCCCC)cc1O. The van der Waals surface area contributed by atoms with Gasteiger partial charge in [-0.15, -0.1) is 0 Å². The van der Waals surface area contributed by atoms with Crippen LogP contribution in [0.3, 0.4) is 0 Å². The summed E-state index contributed by atoms with van der Waals surface area (Å²) in [5.41, 5.74) is 11.6. The van der Waals surface area contributed by atoms with Crippen molar-refractivity contribution in [2.24, 2.45) is 11.8 Å². The largest absolute Gasteiger partial charge is 0.507 e. The molecule has 0 aliphatic rings. The number of hydrazine groups is 2. The summed E-state index contributed by atoms with van der Waals surface area (Å²) in [7, 11) is 0. The fraction of sp³-hybridized carbons (Fsp3) is 0.556. The van der Waals surface area contributed by atoms with Crippen LogP contribution in [0.2, 0.25) is 0 Å². The lowest BCUT2D eigenvalue weighted by molar-refractivity contribution is -0.129. The molecule has 2 rings (SSSR count). The molecule has 0 saturated heterocycles. The van der Waals surface area contributed by atoms with Gasteiger partial charge in [0, 0.05) is 11.8 Å². The summed E-state index contributed by atoms with van der Waals surface area (Å²) in [5.74, 6) is -3.73. The zero-order valence-electron chi connectivity index (χ0n) is 28.0. The van der Waals surface area contributed by atoms with E-state index in [4.69, 9.17) is 0 Å². The monoisotopic (exact) mass is 638 g/mol. The Balaban J connectivity index is 1.95. The Morgan fingerprint density at radius 3 is 1.52 bits per heavy atom. The molecule has 46 heavy (non-hydrogen) atoms. The van der Waals surface area contributed by atoms with E-state index in [1.165, 1.54) is 6.07 Å². The van der Waals surface area contributed by atoms with Crippen molar-refractivity contribution >= 4 is 23.6 Å². The van der Waals surface area contributed by atoms with Gasteiger partial charge in [-0.1, -0.05) is 91.2 Å². The molecular weight excluding hydrogens is 584 g/mol. The minimum atomic E-state index is -0.646. The lowest BCUT2D eigenvalue weighted by Gasteiger charge is -2.21. The summed E-state index contributed by atoms with van der Waals surface area (Å²) in [5, 5.41) is 20.8. The van der Waals surface area contributed by atoms with E-state index >= 15 is 0 Å². The van der Waals surface area contributed by atoms with Crippen LogP contribution >= 0.6 is 0 Å². The van der Waals surface area contributed by atoms with Crippen LogP contribution in [-0.2, 0) is 22.4 Å². The number of amides is 4. The van der Waals surface area contributed by atoms with Crippen molar-refractivity contribution in [2.45, 2.75) is 118 Å². The summed E-state index contributed by atoms with van der Waals surface area (Å²) in [4.78, 5) is 51.5. The molecule has 10 nitrogen and oxygen atoms in total. The van der Waals surface area contributed by atoms with Gasteiger partial charge >= 0.3 is 0 Å². The molecule has 0 fully saturated rings. The molecule has 4 amide bonds. The number of carbonyl (C=O) groups is 4. The van der Waals surface area contributed by atoms with Crippen LogP contribution in [0.5, 0.6) is 11.5 Å². The van der Waals surface area contributed by atoms with Gasteiger partial charge in [-0.25, -0.2) is 0 Å². The minimum Gasteiger partial charge on any atom is -0.507 e. The Bertz CT molecular complexity index is 1280. The maximum absolute atomic E-state index is 13.2. The van der Waals surface area contributed by atoms with E-state index in [-0.39, 0.29) is 29.0 Å². The van der Waals surface area contributed by atoms with Crippen molar-refractivity contribution < 1.29 is 29.4 Å². The number of unbranched alkanes of at least 4 members (excludes halogenated alkanes) is 7. The van der Waals surface area contributed by atoms with Gasteiger partial charge in [0.15, 0.2) is 0 Å². The van der Waals surface area contributed by atoms with Crippen molar-refractivity contribution in [3.05, 3.63) is 58.7 Å². The van der Waals surface area contributed by atoms with Gasteiger partial charge in [0.2, 0.25) is 11.8 Å². The number of rotatable bonds is 19. The smallest absolute Gasteiger partial charge is 0.273 e. The number of nitrogens with one attached hydrogen (secondary N) is 4. The maximum Gasteiger partial charge on any atom is 0.273 e. The second kappa shape index (κ2) is 20.9. The number of aromatic hydroxyl groups is 2. The van der Waals surface area contributed by atoms with Crippen LogP contribution in [0.1, 0.15) is 137 Å². The quantitative estimate of drug-likeness (QED) is 0.0773. The van der Waals surface area contributed by atoms with Crippen molar-refractivity contribution in [1.29, 1.82) is 0 Å². The summed E-state index contributed by atoms with van der Waals surface area (Å²) in [6, 6.07) is 9.82. The van der Waals surface area contributed by atoms with E-state index in [1.54, 1.807) is 37.3 Å². The number of phenolic OH excluding ortho intramolecular Hbond substituents is 2. The van der Waals surface area contributed by atoms with E-state index in [9.17, 15) is 29.4 Å². The molecule has 0 radical (unpaired) electrons. The second-order valence-corrected chi connectivity index (χ2v) is 12.2. The number of hydrogen-bond acceptors (Lipinski definition) is 6. The molecule has 2 aromatic rings. The van der Waals surface area contributed by atoms with Crippen LogP contribution in [0, 0.1) is 11.8 Å². The summed E-state index contributed by atoms with van der Waals surface area (Å²) < 4.78 is 0. The van der Waals surface area contributed by atoms with Crippen LogP contribution < -0.4 is 21.7 Å². The van der Waals surface area contributed by atoms with Crippen LogP contribution in [-0.4, -0.2) is 33.8 Å². The standard InChI is InChI=1S/C36H54N4O6/c1-5-8-11-14-17-28(34(44)38-40-36(46)30-21-19-27(24-32(30)42)16-13-10-7-3)22-25(4)33(43)37-39-35(45)29-20-18-26(23-31(29)41)15-12-9-6-2/h18-21,23-25,28,41-42H,5-17,22H2,1-4H3,(H,37,43)(H,38,44)(H,39,45)(H,40,46). The molecule has 0 aliphatic carbocycles. The average Bonchev–Trinajstić information content (AvgIpc) is 3.03. The number of phenols is 2. The Labute approximate surface area is 274 Å². The predicted octanol–water partition coefficient (Wildman–Crippen LogP) is 6.40. The number of carbonyl (C=O) groups excluding carboxylic acids is 4. The van der Waals surface area contributed by atoms with E-state index in [1.807, 2.05) is 0 Å². The molecule has 0 spiro atoms. The Morgan fingerprint density at radius 2 is 1.07 bits per heavy atom.